The SMILES string of the molecule is CC(C)[C@H](NC(=O)[C@H](CCCN=C(N)N)NC(=O)[C@@H](NC(=O)[C@H](C)NC(=O)[C@H](CCCCN)NC(=O)[C@H](CCC(N)=O)NC(=O)[C@@H](C)CCCN=C(N)N)C(C)C)C(N)=O. The molecule has 0 aliphatic carbocycles. The van der Waals surface area contributed by atoms with E-state index < -0.39 is 95.3 Å². The van der Waals surface area contributed by atoms with E-state index in [0.29, 0.717) is 38.8 Å². The summed E-state index contributed by atoms with van der Waals surface area (Å²) in [7, 11) is 0. The molecule has 0 rings (SSSR count). The van der Waals surface area contributed by atoms with Crippen LogP contribution in [0.2, 0.25) is 0 Å². The number of nitrogens with zero attached hydrogens (tertiary/aromatic N) is 2. The Bertz CT molecular complexity index is 1500. The van der Waals surface area contributed by atoms with Crippen LogP contribution >= 0.6 is 0 Å². The van der Waals surface area contributed by atoms with E-state index in [1.165, 1.54) is 6.92 Å². The molecule has 0 aliphatic rings. The number of nitrogens with one attached hydrogen (secondary N) is 6. The highest BCUT2D eigenvalue weighted by Gasteiger charge is 2.33. The van der Waals surface area contributed by atoms with Gasteiger partial charge in [-0.25, -0.2) is 0 Å². The van der Waals surface area contributed by atoms with Crippen molar-refractivity contribution in [2.45, 2.75) is 136 Å². The number of carbonyl (C=O) groups is 8. The molecule has 23 heteroatoms. The molecule has 0 saturated heterocycles. The van der Waals surface area contributed by atoms with Gasteiger partial charge < -0.3 is 72.0 Å². The standard InChI is InChI=1S/C37H71N15O8/c1-19(2)27(29(40)54)51-34(59)24(13-10-18-46-37(43)44)50-35(60)28(20(3)4)52-31(56)22(6)47-32(57)23(12-7-8-16-38)49-33(58)25(14-15-26(39)53)48-30(55)21(5)11-9-17-45-36(41)42/h19-25,27-28H,7-18,38H2,1-6H3,(H2,39,53)(H2,40,54)(H,47,57)(H,48,55)(H,49,58)(H,50,60)(H,51,59)(H,52,56)(H4,41,42,45)(H4,43,44,46)/t21-,22-,23-,24-,25-,27-,28-/m0/s1. The van der Waals surface area contributed by atoms with Gasteiger partial charge in [0.25, 0.3) is 0 Å². The van der Waals surface area contributed by atoms with E-state index in [0.717, 1.165) is 0 Å². The van der Waals surface area contributed by atoms with E-state index in [1.807, 2.05) is 0 Å². The largest absolute Gasteiger partial charge is 0.370 e. The van der Waals surface area contributed by atoms with E-state index in [-0.39, 0.29) is 56.5 Å². The first-order valence-corrected chi connectivity index (χ1v) is 20.2. The molecule has 0 aliphatic heterocycles. The molecule has 342 valence electrons. The van der Waals surface area contributed by atoms with Crippen molar-refractivity contribution in [2.24, 2.45) is 67.9 Å². The lowest BCUT2D eigenvalue weighted by molar-refractivity contribution is -0.136. The summed E-state index contributed by atoms with van der Waals surface area (Å²) in [5, 5.41) is 15.7. The molecular formula is C37H71N15O8. The molecule has 8 amide bonds. The number of aliphatic imine (C=N–C) groups is 2. The highest BCUT2D eigenvalue weighted by Crippen LogP contribution is 2.11. The van der Waals surface area contributed by atoms with Crippen LogP contribution in [0, 0.1) is 17.8 Å². The maximum Gasteiger partial charge on any atom is 0.243 e. The number of hydrogen-bond acceptors (Lipinski definition) is 11. The molecule has 0 bridgehead atoms. The van der Waals surface area contributed by atoms with Crippen molar-refractivity contribution in [3.63, 3.8) is 0 Å². The zero-order valence-electron chi connectivity index (χ0n) is 35.9. The lowest BCUT2D eigenvalue weighted by atomic mass is 10.0. The Morgan fingerprint density at radius 2 is 0.900 bits per heavy atom. The minimum Gasteiger partial charge on any atom is -0.370 e. The van der Waals surface area contributed by atoms with Gasteiger partial charge in [-0.2, -0.15) is 0 Å². The van der Waals surface area contributed by atoms with Crippen LogP contribution in [-0.4, -0.2) is 115 Å². The molecule has 0 fully saturated rings. The third-order valence-electron chi connectivity index (χ3n) is 9.28. The first-order chi connectivity index (χ1) is 28.0. The molecule has 0 aromatic heterocycles. The third kappa shape index (κ3) is 22.4. The van der Waals surface area contributed by atoms with E-state index in [2.05, 4.69) is 41.9 Å². The van der Waals surface area contributed by atoms with Crippen LogP contribution in [0.15, 0.2) is 9.98 Å². The maximum atomic E-state index is 13.6. The van der Waals surface area contributed by atoms with Gasteiger partial charge in [0.2, 0.25) is 47.3 Å². The van der Waals surface area contributed by atoms with E-state index >= 15 is 0 Å². The Kier molecular flexibility index (Phi) is 25.9. The molecule has 20 N–H and O–H groups in total. The van der Waals surface area contributed by atoms with Crippen molar-refractivity contribution < 1.29 is 38.4 Å². The molecule has 0 aromatic carbocycles. The minimum atomic E-state index is -1.23. The van der Waals surface area contributed by atoms with Gasteiger partial charge in [-0.1, -0.05) is 34.6 Å². The van der Waals surface area contributed by atoms with E-state index in [4.69, 9.17) is 40.1 Å². The van der Waals surface area contributed by atoms with Gasteiger partial charge in [0.1, 0.15) is 36.3 Å². The highest BCUT2D eigenvalue weighted by atomic mass is 16.2. The average Bonchev–Trinajstić information content (AvgIpc) is 3.15. The molecule has 23 nitrogen and oxygen atoms in total. The summed E-state index contributed by atoms with van der Waals surface area (Å²) >= 11 is 0. The molecule has 0 spiro atoms. The summed E-state index contributed by atoms with van der Waals surface area (Å²) in [5.41, 5.74) is 38.0. The predicted octanol–water partition coefficient (Wildman–Crippen LogP) is -4.15. The molecule has 0 heterocycles. The molecule has 0 unspecified atom stereocenters. The van der Waals surface area contributed by atoms with Crippen LogP contribution in [0.1, 0.15) is 99.3 Å². The fourth-order valence-corrected chi connectivity index (χ4v) is 5.69. The second-order valence-corrected chi connectivity index (χ2v) is 15.4. The summed E-state index contributed by atoms with van der Waals surface area (Å²) in [6, 6.07) is -7.04. The lowest BCUT2D eigenvalue weighted by Gasteiger charge is -2.28. The summed E-state index contributed by atoms with van der Waals surface area (Å²) in [5.74, 6) is -7.27. The molecular weight excluding hydrogens is 783 g/mol. The third-order valence-corrected chi connectivity index (χ3v) is 9.28. The lowest BCUT2D eigenvalue weighted by Crippen LogP contribution is -2.60. The van der Waals surface area contributed by atoms with Gasteiger partial charge in [0.15, 0.2) is 11.9 Å². The Hall–Kier alpha value is -5.74. The number of amides is 8. The van der Waals surface area contributed by atoms with Gasteiger partial charge in [-0.3, -0.25) is 48.3 Å². The number of nitrogens with two attached hydrogens (primary N) is 7. The Labute approximate surface area is 352 Å². The topological polar surface area (TPSA) is 416 Å². The number of carbonyl (C=O) groups excluding carboxylic acids is 8. The number of primary amides is 2. The van der Waals surface area contributed by atoms with Gasteiger partial charge >= 0.3 is 0 Å². The Balaban J connectivity index is 6.05. The second kappa shape index (κ2) is 28.6. The quantitative estimate of drug-likeness (QED) is 0.0186. The number of hydrogen-bond donors (Lipinski definition) is 13. The first kappa shape index (κ1) is 54.3. The van der Waals surface area contributed by atoms with Crippen molar-refractivity contribution in [1.29, 1.82) is 0 Å². The zero-order chi connectivity index (χ0) is 46.1. The Morgan fingerprint density at radius 3 is 1.38 bits per heavy atom. The van der Waals surface area contributed by atoms with E-state index in [9.17, 15) is 38.4 Å². The monoisotopic (exact) mass is 854 g/mol. The van der Waals surface area contributed by atoms with Crippen LogP contribution in [0.4, 0.5) is 0 Å². The fraction of sp³-hybridized carbons (Fsp3) is 0.730. The van der Waals surface area contributed by atoms with Crippen LogP contribution in [0.25, 0.3) is 0 Å². The van der Waals surface area contributed by atoms with Crippen LogP contribution in [0.5, 0.6) is 0 Å². The molecule has 7 atom stereocenters. The van der Waals surface area contributed by atoms with Gasteiger partial charge in [0, 0.05) is 25.4 Å². The van der Waals surface area contributed by atoms with Crippen molar-refractivity contribution in [3.8, 4) is 0 Å². The van der Waals surface area contributed by atoms with Gasteiger partial charge in [-0.15, -0.1) is 0 Å². The number of guanidine groups is 2. The van der Waals surface area contributed by atoms with Crippen molar-refractivity contribution in [2.75, 3.05) is 19.6 Å². The van der Waals surface area contributed by atoms with Crippen LogP contribution in [-0.2, 0) is 38.4 Å². The van der Waals surface area contributed by atoms with Crippen molar-refractivity contribution in [3.05, 3.63) is 0 Å². The Morgan fingerprint density at radius 1 is 0.467 bits per heavy atom. The second-order valence-electron chi connectivity index (χ2n) is 15.4. The van der Waals surface area contributed by atoms with Crippen molar-refractivity contribution in [1.82, 2.24) is 31.9 Å². The van der Waals surface area contributed by atoms with Crippen LogP contribution < -0.4 is 72.0 Å². The first-order valence-electron chi connectivity index (χ1n) is 20.2. The van der Waals surface area contributed by atoms with Gasteiger partial charge in [0.05, 0.1) is 0 Å². The smallest absolute Gasteiger partial charge is 0.243 e. The summed E-state index contributed by atoms with van der Waals surface area (Å²) in [4.78, 5) is 112. The van der Waals surface area contributed by atoms with Gasteiger partial charge in [-0.05, 0) is 76.7 Å². The molecule has 60 heavy (non-hydrogen) atoms. The fourth-order valence-electron chi connectivity index (χ4n) is 5.69. The number of unbranched alkanes of at least 4 members (excludes halogenated alkanes) is 1. The normalized spacial score (nSPS) is 14.5. The maximum absolute atomic E-state index is 13.6. The van der Waals surface area contributed by atoms with Crippen LogP contribution in [0.3, 0.4) is 0 Å². The summed E-state index contributed by atoms with van der Waals surface area (Å²) < 4.78 is 0. The average molecular weight is 854 g/mol. The molecule has 0 aromatic rings. The van der Waals surface area contributed by atoms with Crippen molar-refractivity contribution >= 4 is 59.2 Å². The highest BCUT2D eigenvalue weighted by molar-refractivity contribution is 5.97. The summed E-state index contributed by atoms with van der Waals surface area (Å²) in [6.07, 6.45) is 1.85. The molecule has 0 saturated carbocycles. The predicted molar refractivity (Wildman–Crippen MR) is 226 cm³/mol. The van der Waals surface area contributed by atoms with E-state index in [1.54, 1.807) is 34.6 Å². The zero-order valence-corrected chi connectivity index (χ0v) is 35.9. The minimum absolute atomic E-state index is 0.0627. The summed E-state index contributed by atoms with van der Waals surface area (Å²) in [6.45, 7) is 10.5. The number of rotatable bonds is 30. The molecule has 0 radical (unpaired) electrons.